The Labute approximate surface area is 99.9 Å². The maximum atomic E-state index is 9.19. The van der Waals surface area contributed by atoms with Crippen LogP contribution in [0.5, 0.6) is 5.75 Å². The number of nitrogen functional groups attached to an aromatic ring is 2. The monoisotopic (exact) mass is 229 g/mol. The van der Waals surface area contributed by atoms with Crippen molar-refractivity contribution in [2.75, 3.05) is 16.8 Å². The third kappa shape index (κ3) is 2.42. The zero-order valence-electron chi connectivity index (χ0n) is 9.57. The van der Waals surface area contributed by atoms with Crippen molar-refractivity contribution in [1.29, 1.82) is 0 Å². The zero-order chi connectivity index (χ0) is 12.4. The summed E-state index contributed by atoms with van der Waals surface area (Å²) in [5, 5.41) is 12.4. The Balaban J connectivity index is 2.30. The molecule has 0 bridgehead atoms. The van der Waals surface area contributed by atoms with Gasteiger partial charge in [0.1, 0.15) is 5.75 Å². The SMILES string of the molecule is Cc1cc(Nc2ccc(O)cc2)c(N)cc1N. The minimum atomic E-state index is 0.233. The van der Waals surface area contributed by atoms with Gasteiger partial charge in [-0.05, 0) is 48.9 Å². The fourth-order valence-electron chi connectivity index (χ4n) is 1.55. The third-order valence-electron chi connectivity index (χ3n) is 2.58. The topological polar surface area (TPSA) is 84.3 Å². The molecular formula is C13H15N3O. The molecule has 0 spiro atoms. The molecule has 0 aromatic heterocycles. The first-order valence-electron chi connectivity index (χ1n) is 5.28. The minimum Gasteiger partial charge on any atom is -0.508 e. The fraction of sp³-hybridized carbons (Fsp3) is 0.0769. The lowest BCUT2D eigenvalue weighted by Crippen LogP contribution is -1.99. The van der Waals surface area contributed by atoms with E-state index in [9.17, 15) is 5.11 Å². The standard InChI is InChI=1S/C13H15N3O/c1-8-6-13(12(15)7-11(8)14)16-9-2-4-10(17)5-3-9/h2-7,16-17H,14-15H2,1H3. The second kappa shape index (κ2) is 4.25. The van der Waals surface area contributed by atoms with E-state index in [0.717, 1.165) is 16.9 Å². The van der Waals surface area contributed by atoms with Gasteiger partial charge in [-0.2, -0.15) is 0 Å². The van der Waals surface area contributed by atoms with Crippen molar-refractivity contribution < 1.29 is 5.11 Å². The normalized spacial score (nSPS) is 10.2. The average Bonchev–Trinajstić information content (AvgIpc) is 2.29. The highest BCUT2D eigenvalue weighted by Crippen LogP contribution is 2.28. The number of anilines is 4. The van der Waals surface area contributed by atoms with Crippen molar-refractivity contribution in [3.8, 4) is 5.75 Å². The Morgan fingerprint density at radius 2 is 1.65 bits per heavy atom. The lowest BCUT2D eigenvalue weighted by Gasteiger charge is -2.12. The van der Waals surface area contributed by atoms with Gasteiger partial charge in [-0.1, -0.05) is 0 Å². The summed E-state index contributed by atoms with van der Waals surface area (Å²) in [5.41, 5.74) is 15.6. The van der Waals surface area contributed by atoms with Crippen LogP contribution in [0.2, 0.25) is 0 Å². The van der Waals surface area contributed by atoms with Crippen molar-refractivity contribution in [1.82, 2.24) is 0 Å². The zero-order valence-corrected chi connectivity index (χ0v) is 9.57. The van der Waals surface area contributed by atoms with Crippen molar-refractivity contribution in [3.63, 3.8) is 0 Å². The molecule has 0 fully saturated rings. The molecule has 2 rings (SSSR count). The Bertz CT molecular complexity index is 535. The number of hydrogen-bond donors (Lipinski definition) is 4. The van der Waals surface area contributed by atoms with E-state index in [1.807, 2.05) is 13.0 Å². The van der Waals surface area contributed by atoms with Gasteiger partial charge >= 0.3 is 0 Å². The van der Waals surface area contributed by atoms with E-state index in [1.54, 1.807) is 30.3 Å². The first-order chi connectivity index (χ1) is 8.06. The van der Waals surface area contributed by atoms with Crippen LogP contribution in [0.1, 0.15) is 5.56 Å². The molecule has 88 valence electrons. The van der Waals surface area contributed by atoms with Crippen LogP contribution in [-0.4, -0.2) is 5.11 Å². The lowest BCUT2D eigenvalue weighted by atomic mass is 10.1. The smallest absolute Gasteiger partial charge is 0.115 e. The first-order valence-corrected chi connectivity index (χ1v) is 5.28. The van der Waals surface area contributed by atoms with Crippen LogP contribution in [0, 0.1) is 6.92 Å². The number of aromatic hydroxyl groups is 1. The molecule has 4 nitrogen and oxygen atoms in total. The second-order valence-electron chi connectivity index (χ2n) is 3.97. The molecule has 0 unspecified atom stereocenters. The Hall–Kier alpha value is -2.36. The molecule has 0 aliphatic carbocycles. The summed E-state index contributed by atoms with van der Waals surface area (Å²) in [7, 11) is 0. The summed E-state index contributed by atoms with van der Waals surface area (Å²) in [4.78, 5) is 0. The van der Waals surface area contributed by atoms with Gasteiger partial charge < -0.3 is 21.9 Å². The van der Waals surface area contributed by atoms with Crippen LogP contribution < -0.4 is 16.8 Å². The van der Waals surface area contributed by atoms with Crippen molar-refractivity contribution in [2.24, 2.45) is 0 Å². The van der Waals surface area contributed by atoms with Crippen LogP contribution in [0.25, 0.3) is 0 Å². The van der Waals surface area contributed by atoms with Crippen LogP contribution >= 0.6 is 0 Å². The van der Waals surface area contributed by atoms with E-state index in [0.29, 0.717) is 11.4 Å². The third-order valence-corrected chi connectivity index (χ3v) is 2.58. The molecule has 0 atom stereocenters. The summed E-state index contributed by atoms with van der Waals surface area (Å²) in [5.74, 6) is 0.233. The van der Waals surface area contributed by atoms with E-state index in [4.69, 9.17) is 11.5 Å². The number of nitrogens with one attached hydrogen (secondary N) is 1. The molecule has 0 saturated heterocycles. The molecule has 0 aliphatic rings. The molecule has 2 aromatic rings. The van der Waals surface area contributed by atoms with Gasteiger partial charge in [-0.25, -0.2) is 0 Å². The van der Waals surface area contributed by atoms with Gasteiger partial charge in [0, 0.05) is 11.4 Å². The summed E-state index contributed by atoms with van der Waals surface area (Å²) in [6.45, 7) is 1.93. The summed E-state index contributed by atoms with van der Waals surface area (Å²) >= 11 is 0. The maximum Gasteiger partial charge on any atom is 0.115 e. The Morgan fingerprint density at radius 3 is 2.29 bits per heavy atom. The quantitative estimate of drug-likeness (QED) is 0.471. The van der Waals surface area contributed by atoms with Crippen molar-refractivity contribution in [3.05, 3.63) is 42.0 Å². The summed E-state index contributed by atoms with van der Waals surface area (Å²) in [6, 6.07) is 10.4. The van der Waals surface area contributed by atoms with Gasteiger partial charge in [0.05, 0.1) is 11.4 Å². The summed E-state index contributed by atoms with van der Waals surface area (Å²) in [6.07, 6.45) is 0. The van der Waals surface area contributed by atoms with E-state index >= 15 is 0 Å². The molecule has 0 aliphatic heterocycles. The first kappa shape index (κ1) is 11.1. The van der Waals surface area contributed by atoms with E-state index in [1.165, 1.54) is 0 Å². The van der Waals surface area contributed by atoms with Gasteiger partial charge in [0.25, 0.3) is 0 Å². The number of phenolic OH excluding ortho intramolecular Hbond substituents is 1. The lowest BCUT2D eigenvalue weighted by molar-refractivity contribution is 0.475. The van der Waals surface area contributed by atoms with Gasteiger partial charge in [-0.3, -0.25) is 0 Å². The predicted molar refractivity (Wildman–Crippen MR) is 71.4 cm³/mol. The van der Waals surface area contributed by atoms with E-state index in [2.05, 4.69) is 5.32 Å². The molecule has 0 radical (unpaired) electrons. The molecule has 6 N–H and O–H groups in total. The van der Waals surface area contributed by atoms with Crippen LogP contribution in [0.3, 0.4) is 0 Å². The predicted octanol–water partition coefficient (Wildman–Crippen LogP) is 2.61. The molecule has 0 amide bonds. The molecule has 17 heavy (non-hydrogen) atoms. The Morgan fingerprint density at radius 1 is 1.00 bits per heavy atom. The number of hydrogen-bond acceptors (Lipinski definition) is 4. The molecule has 0 saturated carbocycles. The molecular weight excluding hydrogens is 214 g/mol. The Kier molecular flexibility index (Phi) is 2.78. The van der Waals surface area contributed by atoms with Gasteiger partial charge in [-0.15, -0.1) is 0 Å². The van der Waals surface area contributed by atoms with Gasteiger partial charge in [0.15, 0.2) is 0 Å². The second-order valence-corrected chi connectivity index (χ2v) is 3.97. The van der Waals surface area contributed by atoms with E-state index < -0.39 is 0 Å². The van der Waals surface area contributed by atoms with Crippen LogP contribution in [0.4, 0.5) is 22.7 Å². The molecule has 2 aromatic carbocycles. The maximum absolute atomic E-state index is 9.19. The van der Waals surface area contributed by atoms with Crippen LogP contribution in [0.15, 0.2) is 36.4 Å². The van der Waals surface area contributed by atoms with E-state index in [-0.39, 0.29) is 5.75 Å². The minimum absolute atomic E-state index is 0.233. The largest absolute Gasteiger partial charge is 0.508 e. The highest BCUT2D eigenvalue weighted by Gasteiger charge is 2.03. The van der Waals surface area contributed by atoms with Crippen molar-refractivity contribution >= 4 is 22.7 Å². The molecule has 4 heteroatoms. The van der Waals surface area contributed by atoms with Gasteiger partial charge in [0.2, 0.25) is 0 Å². The number of rotatable bonds is 2. The number of aryl methyl sites for hydroxylation is 1. The van der Waals surface area contributed by atoms with Crippen LogP contribution in [-0.2, 0) is 0 Å². The number of benzene rings is 2. The fourth-order valence-corrected chi connectivity index (χ4v) is 1.55. The van der Waals surface area contributed by atoms with Crippen molar-refractivity contribution in [2.45, 2.75) is 6.92 Å². The molecule has 0 heterocycles. The summed E-state index contributed by atoms with van der Waals surface area (Å²) < 4.78 is 0. The number of phenols is 1. The highest BCUT2D eigenvalue weighted by atomic mass is 16.3. The average molecular weight is 229 g/mol. The number of nitrogens with two attached hydrogens (primary N) is 2. The highest BCUT2D eigenvalue weighted by molar-refractivity contribution is 5.77.